The van der Waals surface area contributed by atoms with E-state index in [4.69, 9.17) is 0 Å². The molecule has 4 nitrogen and oxygen atoms in total. The lowest BCUT2D eigenvalue weighted by molar-refractivity contribution is -0.121. The van der Waals surface area contributed by atoms with Crippen molar-refractivity contribution in [2.75, 3.05) is 19.8 Å². The fourth-order valence-electron chi connectivity index (χ4n) is 1.69. The van der Waals surface area contributed by atoms with E-state index >= 15 is 0 Å². The molecule has 0 bridgehead atoms. The summed E-state index contributed by atoms with van der Waals surface area (Å²) in [6, 6.07) is 7.56. The van der Waals surface area contributed by atoms with Gasteiger partial charge >= 0.3 is 0 Å². The highest BCUT2D eigenvalue weighted by molar-refractivity contribution is 7.91. The Balaban J connectivity index is 2.78. The summed E-state index contributed by atoms with van der Waals surface area (Å²) >= 11 is -0.926. The third kappa shape index (κ3) is 4.01. The molecule has 5 heteroatoms. The molecule has 1 aromatic carbocycles. The highest BCUT2D eigenvalue weighted by Gasteiger charge is 2.14. The van der Waals surface area contributed by atoms with E-state index in [1.54, 1.807) is 7.05 Å². The fourth-order valence-corrected chi connectivity index (χ4v) is 2.47. The maximum atomic E-state index is 11.6. The fraction of sp³-hybridized carbons (Fsp3) is 0.462. The molecule has 0 heterocycles. The van der Waals surface area contributed by atoms with Crippen molar-refractivity contribution in [2.45, 2.75) is 24.3 Å². The molecular formula is C13H20N2O2S. The van der Waals surface area contributed by atoms with E-state index in [1.165, 1.54) is 0 Å². The van der Waals surface area contributed by atoms with Gasteiger partial charge in [0.2, 0.25) is 5.91 Å². The van der Waals surface area contributed by atoms with E-state index < -0.39 is 11.2 Å². The molecule has 1 rings (SSSR count). The molecule has 1 amide bonds. The topological polar surface area (TPSA) is 64.2 Å². The molecular weight excluding hydrogens is 248 g/mol. The Bertz CT molecular complexity index is 381. The number of carbonyl (C=O) groups excluding carboxylic acids is 1. The van der Waals surface area contributed by atoms with E-state index in [2.05, 4.69) is 10.6 Å². The van der Waals surface area contributed by atoms with Gasteiger partial charge in [-0.1, -0.05) is 12.1 Å². The summed E-state index contributed by atoms with van der Waals surface area (Å²) in [5.74, 6) is 0.614. The van der Waals surface area contributed by atoms with Crippen molar-refractivity contribution in [3.05, 3.63) is 29.8 Å². The number of hydrogen-bond acceptors (Lipinski definition) is 3. The number of carbonyl (C=O) groups is 1. The molecule has 1 aromatic rings. The molecule has 0 aromatic heterocycles. The molecule has 0 aliphatic carbocycles. The Morgan fingerprint density at radius 3 is 2.39 bits per heavy atom. The van der Waals surface area contributed by atoms with Crippen LogP contribution in [0.15, 0.2) is 29.2 Å². The van der Waals surface area contributed by atoms with Crippen molar-refractivity contribution < 1.29 is 9.35 Å². The molecule has 0 fully saturated rings. The number of nitrogens with one attached hydrogen (secondary N) is 2. The molecule has 100 valence electrons. The average Bonchev–Trinajstić information content (AvgIpc) is 2.43. The second kappa shape index (κ2) is 7.41. The molecule has 0 saturated heterocycles. The van der Waals surface area contributed by atoms with Crippen LogP contribution in [0.5, 0.6) is 0 Å². The second-order valence-corrected chi connectivity index (χ2v) is 5.66. The normalized spacial score (nSPS) is 14.0. The smallest absolute Gasteiger partial charge is 0.221 e. The van der Waals surface area contributed by atoms with Crippen LogP contribution in [0.4, 0.5) is 0 Å². The van der Waals surface area contributed by atoms with E-state index in [1.807, 2.05) is 38.2 Å². The first-order valence-corrected chi connectivity index (χ1v) is 7.30. The van der Waals surface area contributed by atoms with Gasteiger partial charge in [-0.25, -0.2) is 0 Å². The number of amides is 1. The molecule has 2 N–H and O–H groups in total. The van der Waals surface area contributed by atoms with E-state index in [-0.39, 0.29) is 11.9 Å². The minimum Gasteiger partial charge on any atom is -0.611 e. The summed E-state index contributed by atoms with van der Waals surface area (Å²) < 4.78 is 11.6. The number of benzene rings is 1. The Kier molecular flexibility index (Phi) is 6.18. The van der Waals surface area contributed by atoms with Crippen LogP contribution in [0.2, 0.25) is 0 Å². The first-order chi connectivity index (χ1) is 8.62. The van der Waals surface area contributed by atoms with Crippen LogP contribution in [0, 0.1) is 0 Å². The summed E-state index contributed by atoms with van der Waals surface area (Å²) in [6.45, 7) is 1.89. The van der Waals surface area contributed by atoms with Crippen molar-refractivity contribution >= 4 is 17.1 Å². The second-order valence-electron chi connectivity index (χ2n) is 3.92. The van der Waals surface area contributed by atoms with Crippen LogP contribution >= 0.6 is 0 Å². The lowest BCUT2D eigenvalue weighted by atomic mass is 10.0. The van der Waals surface area contributed by atoms with Gasteiger partial charge in [0.05, 0.1) is 0 Å². The van der Waals surface area contributed by atoms with Gasteiger partial charge in [-0.05, 0) is 42.8 Å². The molecule has 0 spiro atoms. The quantitative estimate of drug-likeness (QED) is 0.762. The van der Waals surface area contributed by atoms with Gasteiger partial charge in [0.25, 0.3) is 0 Å². The largest absolute Gasteiger partial charge is 0.611 e. The zero-order valence-electron chi connectivity index (χ0n) is 11.0. The van der Waals surface area contributed by atoms with Gasteiger partial charge in [-0.2, -0.15) is 0 Å². The number of rotatable bonds is 6. The third-order valence-corrected chi connectivity index (χ3v) is 4.15. The monoisotopic (exact) mass is 268 g/mol. The Morgan fingerprint density at radius 2 is 1.94 bits per heavy atom. The van der Waals surface area contributed by atoms with Crippen LogP contribution in [0.3, 0.4) is 0 Å². The van der Waals surface area contributed by atoms with Crippen molar-refractivity contribution in [3.8, 4) is 0 Å². The van der Waals surface area contributed by atoms with Crippen LogP contribution < -0.4 is 10.6 Å². The number of hydrogen-bond donors (Lipinski definition) is 2. The van der Waals surface area contributed by atoms with Crippen LogP contribution in [-0.2, 0) is 16.0 Å². The third-order valence-electron chi connectivity index (χ3n) is 2.82. The van der Waals surface area contributed by atoms with Crippen molar-refractivity contribution in [2.24, 2.45) is 0 Å². The molecule has 2 atom stereocenters. The summed E-state index contributed by atoms with van der Waals surface area (Å²) in [5, 5.41) is 5.72. The summed E-state index contributed by atoms with van der Waals surface area (Å²) in [6.07, 6.45) is 0.392. The van der Waals surface area contributed by atoms with Gasteiger partial charge in [0, 0.05) is 19.5 Å². The minimum absolute atomic E-state index is 0.00411. The Morgan fingerprint density at radius 1 is 1.33 bits per heavy atom. The molecule has 0 aliphatic heterocycles. The standard InChI is InChI=1S/C13H20N2O2S/c1-4-18(17)11-7-5-10(6-8-11)12(14-2)9-13(16)15-3/h5-8,12,14H,4,9H2,1-3H3,(H,15,16)/t12-,18?/m0/s1. The first-order valence-electron chi connectivity index (χ1n) is 5.98. The minimum atomic E-state index is -0.926. The maximum Gasteiger partial charge on any atom is 0.221 e. The van der Waals surface area contributed by atoms with Gasteiger partial charge < -0.3 is 15.2 Å². The zero-order valence-corrected chi connectivity index (χ0v) is 11.8. The zero-order chi connectivity index (χ0) is 13.5. The molecule has 0 radical (unpaired) electrons. The molecule has 18 heavy (non-hydrogen) atoms. The predicted molar refractivity (Wildman–Crippen MR) is 73.9 cm³/mol. The highest BCUT2D eigenvalue weighted by atomic mass is 32.2. The lowest BCUT2D eigenvalue weighted by Crippen LogP contribution is -2.26. The van der Waals surface area contributed by atoms with Gasteiger partial charge in [-0.3, -0.25) is 4.79 Å². The Hall–Kier alpha value is -1.04. The van der Waals surface area contributed by atoms with Crippen LogP contribution in [-0.4, -0.2) is 30.3 Å². The SMILES string of the molecule is CC[S+]([O-])c1ccc([C@H](CC(=O)NC)NC)cc1. The predicted octanol–water partition coefficient (Wildman–Crippen LogP) is 1.21. The van der Waals surface area contributed by atoms with Crippen molar-refractivity contribution in [1.29, 1.82) is 0 Å². The van der Waals surface area contributed by atoms with Crippen LogP contribution in [0.1, 0.15) is 24.9 Å². The summed E-state index contributed by atoms with van der Waals surface area (Å²) in [7, 11) is 3.45. The van der Waals surface area contributed by atoms with Gasteiger partial charge in [0.1, 0.15) is 5.75 Å². The van der Waals surface area contributed by atoms with E-state index in [0.29, 0.717) is 12.2 Å². The lowest BCUT2D eigenvalue weighted by Gasteiger charge is -2.16. The summed E-state index contributed by atoms with van der Waals surface area (Å²) in [5.41, 5.74) is 1.03. The Labute approximate surface area is 111 Å². The first kappa shape index (κ1) is 15.0. The van der Waals surface area contributed by atoms with Gasteiger partial charge in [-0.15, -0.1) is 0 Å². The molecule has 0 aliphatic rings. The van der Waals surface area contributed by atoms with Crippen molar-refractivity contribution in [3.63, 3.8) is 0 Å². The summed E-state index contributed by atoms with van der Waals surface area (Å²) in [4.78, 5) is 12.2. The van der Waals surface area contributed by atoms with E-state index in [0.717, 1.165) is 10.5 Å². The van der Waals surface area contributed by atoms with Crippen LogP contribution in [0.25, 0.3) is 0 Å². The highest BCUT2D eigenvalue weighted by Crippen LogP contribution is 2.19. The average molecular weight is 268 g/mol. The maximum absolute atomic E-state index is 11.6. The van der Waals surface area contributed by atoms with Gasteiger partial charge in [0.15, 0.2) is 4.90 Å². The van der Waals surface area contributed by atoms with E-state index in [9.17, 15) is 9.35 Å². The molecule has 1 unspecified atom stereocenters. The van der Waals surface area contributed by atoms with Crippen molar-refractivity contribution in [1.82, 2.24) is 10.6 Å². The molecule has 0 saturated carbocycles.